The number of furan rings is 2. The molecule has 274 valence electrons. The lowest BCUT2D eigenvalue weighted by molar-refractivity contribution is 0.658. The Morgan fingerprint density at radius 3 is 1.41 bits per heavy atom. The van der Waals surface area contributed by atoms with Gasteiger partial charge < -0.3 is 13.4 Å². The Balaban J connectivity index is 1.07. The molecule has 0 radical (unpaired) electrons. The van der Waals surface area contributed by atoms with E-state index in [1.54, 1.807) is 0 Å². The molecule has 59 heavy (non-hydrogen) atoms. The van der Waals surface area contributed by atoms with Crippen LogP contribution in [0.2, 0.25) is 0 Å². The second kappa shape index (κ2) is 12.3. The van der Waals surface area contributed by atoms with Gasteiger partial charge in [-0.15, -0.1) is 0 Å². The Morgan fingerprint density at radius 1 is 0.271 bits per heavy atom. The van der Waals surface area contributed by atoms with E-state index in [1.165, 1.54) is 54.8 Å². The molecule has 3 heteroatoms. The van der Waals surface area contributed by atoms with Crippen LogP contribution in [0.1, 0.15) is 0 Å². The molecule has 10 aromatic carbocycles. The maximum absolute atomic E-state index is 6.84. The molecule has 0 atom stereocenters. The summed E-state index contributed by atoms with van der Waals surface area (Å²) >= 11 is 0. The lowest BCUT2D eigenvalue weighted by atomic mass is 9.84. The van der Waals surface area contributed by atoms with Gasteiger partial charge in [0.25, 0.3) is 0 Å². The van der Waals surface area contributed by atoms with Crippen LogP contribution in [-0.2, 0) is 0 Å². The van der Waals surface area contributed by atoms with E-state index in [0.717, 1.165) is 71.5 Å². The number of nitrogens with zero attached hydrogens (tertiary/aromatic N) is 1. The summed E-state index contributed by atoms with van der Waals surface area (Å²) in [6.45, 7) is 0. The van der Waals surface area contributed by atoms with Crippen LogP contribution in [0.15, 0.2) is 209 Å². The van der Waals surface area contributed by atoms with Crippen molar-refractivity contribution in [2.75, 3.05) is 0 Å². The van der Waals surface area contributed by atoms with Crippen molar-refractivity contribution in [3.05, 3.63) is 200 Å². The highest BCUT2D eigenvalue weighted by molar-refractivity contribution is 6.29. The third-order valence-electron chi connectivity index (χ3n) is 12.4. The molecule has 0 aliphatic heterocycles. The van der Waals surface area contributed by atoms with Crippen molar-refractivity contribution in [2.45, 2.75) is 0 Å². The van der Waals surface area contributed by atoms with E-state index in [9.17, 15) is 0 Å². The van der Waals surface area contributed by atoms with E-state index in [4.69, 9.17) is 8.83 Å². The van der Waals surface area contributed by atoms with Crippen LogP contribution < -0.4 is 0 Å². The molecule has 0 saturated heterocycles. The first kappa shape index (κ1) is 32.2. The highest BCUT2D eigenvalue weighted by Gasteiger charge is 2.25. The Labute approximate surface area is 338 Å². The maximum atomic E-state index is 6.84. The molecule has 0 unspecified atom stereocenters. The first-order chi connectivity index (χ1) is 29.3. The van der Waals surface area contributed by atoms with Crippen molar-refractivity contribution in [3.63, 3.8) is 0 Å². The van der Waals surface area contributed by atoms with Crippen molar-refractivity contribution in [2.24, 2.45) is 0 Å². The zero-order valence-electron chi connectivity index (χ0n) is 31.8. The Morgan fingerprint density at radius 2 is 0.763 bits per heavy atom. The van der Waals surface area contributed by atoms with E-state index in [1.807, 2.05) is 12.1 Å². The van der Waals surface area contributed by atoms with Gasteiger partial charge in [0.1, 0.15) is 22.3 Å². The van der Waals surface area contributed by atoms with Crippen molar-refractivity contribution < 1.29 is 8.83 Å². The van der Waals surface area contributed by atoms with Gasteiger partial charge in [-0.05, 0) is 98.4 Å². The minimum atomic E-state index is 0.840. The topological polar surface area (TPSA) is 31.2 Å². The standard InChI is InChI=1S/C56H33NO2/c1-2-17-37(18-3-1)57-48-26-11-8-19-38(48)45-32-35(29-30-49(45)57)34-15-14-16-36(31-34)52-41-22-4-6-24-43(41)53(44-25-7-5-23-42(44)52)54-55-46(39-20-9-12-27-50(39)58-55)33-47-40-21-10-13-28-51(40)59-56(47)54/h1-33H. The highest BCUT2D eigenvalue weighted by atomic mass is 16.3. The molecule has 0 aliphatic rings. The summed E-state index contributed by atoms with van der Waals surface area (Å²) < 4.78 is 16.1. The fourth-order valence-electron chi connectivity index (χ4n) is 9.83. The Hall–Kier alpha value is -7.88. The molecular weight excluding hydrogens is 719 g/mol. The monoisotopic (exact) mass is 751 g/mol. The first-order valence-corrected chi connectivity index (χ1v) is 20.2. The predicted octanol–water partition coefficient (Wildman–Crippen LogP) is 15.9. The largest absolute Gasteiger partial charge is 0.455 e. The van der Waals surface area contributed by atoms with Gasteiger partial charge in [0, 0.05) is 43.6 Å². The van der Waals surface area contributed by atoms with E-state index < -0.39 is 0 Å². The van der Waals surface area contributed by atoms with Gasteiger partial charge in [0.05, 0.1) is 16.6 Å². The average Bonchev–Trinajstić information content (AvgIpc) is 3.97. The lowest BCUT2D eigenvalue weighted by Crippen LogP contribution is -1.93. The summed E-state index contributed by atoms with van der Waals surface area (Å²) in [6, 6.07) is 72.0. The Bertz CT molecular complexity index is 3700. The number of rotatable bonds is 4. The summed E-state index contributed by atoms with van der Waals surface area (Å²) in [5, 5.41) is 11.5. The van der Waals surface area contributed by atoms with E-state index in [0.29, 0.717) is 0 Å². The number of aromatic nitrogens is 1. The smallest absolute Gasteiger partial charge is 0.147 e. The molecule has 3 nitrogen and oxygen atoms in total. The lowest BCUT2D eigenvalue weighted by Gasteiger charge is -2.18. The second-order valence-corrected chi connectivity index (χ2v) is 15.5. The third kappa shape index (κ3) is 4.64. The second-order valence-electron chi connectivity index (χ2n) is 15.5. The molecule has 3 aromatic heterocycles. The predicted molar refractivity (Wildman–Crippen MR) is 247 cm³/mol. The molecule has 0 aliphatic carbocycles. The molecule has 13 rings (SSSR count). The fraction of sp³-hybridized carbons (Fsp3) is 0. The van der Waals surface area contributed by atoms with Crippen LogP contribution in [0, 0.1) is 0 Å². The van der Waals surface area contributed by atoms with Gasteiger partial charge in [-0.2, -0.15) is 0 Å². The van der Waals surface area contributed by atoms with Crippen molar-refractivity contribution >= 4 is 87.2 Å². The SMILES string of the molecule is c1ccc(-n2c3ccccc3c3cc(-c4cccc(-c5c6ccccc6c(-c6c7oc8ccccc8c7cc7c6oc6ccccc67)c6ccccc56)c4)ccc32)cc1. The zero-order chi connectivity index (χ0) is 38.6. The van der Waals surface area contributed by atoms with Crippen molar-refractivity contribution in [3.8, 4) is 39.1 Å². The Kier molecular flexibility index (Phi) is 6.72. The van der Waals surface area contributed by atoms with Gasteiger partial charge in [0.15, 0.2) is 0 Å². The number of fused-ring (bicyclic) bond motifs is 11. The van der Waals surface area contributed by atoms with Gasteiger partial charge in [0.2, 0.25) is 0 Å². The van der Waals surface area contributed by atoms with Gasteiger partial charge in [-0.3, -0.25) is 0 Å². The molecular formula is C56H33NO2. The first-order valence-electron chi connectivity index (χ1n) is 20.2. The summed E-state index contributed by atoms with van der Waals surface area (Å²) in [4.78, 5) is 0. The van der Waals surface area contributed by atoms with Crippen LogP contribution in [0.3, 0.4) is 0 Å². The minimum Gasteiger partial charge on any atom is -0.455 e. The molecule has 0 spiro atoms. The quantitative estimate of drug-likeness (QED) is 0.168. The van der Waals surface area contributed by atoms with Gasteiger partial charge in [-0.1, -0.05) is 146 Å². The third-order valence-corrected chi connectivity index (χ3v) is 12.4. The molecule has 0 N–H and O–H groups in total. The minimum absolute atomic E-state index is 0.840. The highest BCUT2D eigenvalue weighted by Crippen LogP contribution is 2.51. The van der Waals surface area contributed by atoms with E-state index in [2.05, 4.69) is 193 Å². The van der Waals surface area contributed by atoms with Crippen LogP contribution in [0.5, 0.6) is 0 Å². The van der Waals surface area contributed by atoms with Crippen LogP contribution in [0.4, 0.5) is 0 Å². The van der Waals surface area contributed by atoms with Crippen molar-refractivity contribution in [1.29, 1.82) is 0 Å². The summed E-state index contributed by atoms with van der Waals surface area (Å²) in [7, 11) is 0. The van der Waals surface area contributed by atoms with E-state index >= 15 is 0 Å². The fourth-order valence-corrected chi connectivity index (χ4v) is 9.83. The maximum Gasteiger partial charge on any atom is 0.147 e. The van der Waals surface area contributed by atoms with Crippen LogP contribution in [-0.4, -0.2) is 4.57 Å². The van der Waals surface area contributed by atoms with Crippen LogP contribution >= 0.6 is 0 Å². The molecule has 3 heterocycles. The zero-order valence-corrected chi connectivity index (χ0v) is 31.8. The van der Waals surface area contributed by atoms with Crippen LogP contribution in [0.25, 0.3) is 126 Å². The molecule has 0 amide bonds. The summed E-state index contributed by atoms with van der Waals surface area (Å²) in [5.74, 6) is 0. The summed E-state index contributed by atoms with van der Waals surface area (Å²) in [5.41, 5.74) is 13.8. The molecule has 0 bridgehead atoms. The van der Waals surface area contributed by atoms with Gasteiger partial charge in [-0.25, -0.2) is 0 Å². The number of hydrogen-bond donors (Lipinski definition) is 0. The number of hydrogen-bond acceptors (Lipinski definition) is 2. The summed E-state index contributed by atoms with van der Waals surface area (Å²) in [6.07, 6.45) is 0. The molecule has 0 fully saturated rings. The van der Waals surface area contributed by atoms with Gasteiger partial charge >= 0.3 is 0 Å². The average molecular weight is 752 g/mol. The van der Waals surface area contributed by atoms with E-state index in [-0.39, 0.29) is 0 Å². The number of para-hydroxylation sites is 4. The normalized spacial score (nSPS) is 12.1. The number of benzene rings is 10. The molecule has 0 saturated carbocycles. The van der Waals surface area contributed by atoms with Crippen molar-refractivity contribution in [1.82, 2.24) is 4.57 Å². The molecule has 13 aromatic rings.